The molecule has 1 aliphatic heterocycles. The Morgan fingerprint density at radius 2 is 1.90 bits per heavy atom. The van der Waals surface area contributed by atoms with Gasteiger partial charge in [-0.2, -0.15) is 0 Å². The van der Waals surface area contributed by atoms with Crippen molar-refractivity contribution < 1.29 is 8.42 Å². The number of rotatable bonds is 2. The van der Waals surface area contributed by atoms with Crippen molar-refractivity contribution in [1.82, 2.24) is 0 Å². The van der Waals surface area contributed by atoms with Crippen molar-refractivity contribution in [2.45, 2.75) is 5.92 Å². The summed E-state index contributed by atoms with van der Waals surface area (Å²) in [6.07, 6.45) is 1.24. The second kappa shape index (κ2) is 4.79. The van der Waals surface area contributed by atoms with Crippen LogP contribution in [0.15, 0.2) is 48.5 Å². The second-order valence-corrected chi connectivity index (χ2v) is 7.30. The van der Waals surface area contributed by atoms with Gasteiger partial charge in [0.15, 0.2) is 0 Å². The summed E-state index contributed by atoms with van der Waals surface area (Å²) in [6.45, 7) is 0.429. The van der Waals surface area contributed by atoms with Crippen LogP contribution in [-0.4, -0.2) is 21.2 Å². The first-order chi connectivity index (χ1) is 9.47. The van der Waals surface area contributed by atoms with Gasteiger partial charge in [0.2, 0.25) is 10.0 Å². The molecule has 0 aliphatic carbocycles. The van der Waals surface area contributed by atoms with E-state index in [4.69, 9.17) is 11.6 Å². The monoisotopic (exact) mass is 307 g/mol. The van der Waals surface area contributed by atoms with E-state index in [1.165, 1.54) is 10.6 Å². The van der Waals surface area contributed by atoms with Crippen LogP contribution in [0, 0.1) is 0 Å². The van der Waals surface area contributed by atoms with E-state index in [2.05, 4.69) is 0 Å². The number of halogens is 1. The number of para-hydroxylation sites is 1. The minimum absolute atomic E-state index is 0.0274. The van der Waals surface area contributed by atoms with Crippen LogP contribution in [0.25, 0.3) is 0 Å². The zero-order valence-corrected chi connectivity index (χ0v) is 12.5. The fourth-order valence-electron chi connectivity index (χ4n) is 2.69. The molecule has 0 aromatic heterocycles. The van der Waals surface area contributed by atoms with Crippen LogP contribution >= 0.6 is 11.6 Å². The Kier molecular flexibility index (Phi) is 3.22. The molecule has 0 saturated carbocycles. The Bertz CT molecular complexity index is 758. The highest BCUT2D eigenvalue weighted by molar-refractivity contribution is 7.92. The van der Waals surface area contributed by atoms with Gasteiger partial charge in [0.05, 0.1) is 11.9 Å². The van der Waals surface area contributed by atoms with Gasteiger partial charge in [-0.25, -0.2) is 8.42 Å². The maximum absolute atomic E-state index is 11.9. The molecule has 0 N–H and O–H groups in total. The molecule has 1 aliphatic rings. The zero-order valence-electron chi connectivity index (χ0n) is 11.0. The van der Waals surface area contributed by atoms with Crippen LogP contribution < -0.4 is 4.31 Å². The van der Waals surface area contributed by atoms with Crippen molar-refractivity contribution >= 4 is 27.3 Å². The molecule has 1 unspecified atom stereocenters. The predicted molar refractivity (Wildman–Crippen MR) is 81.9 cm³/mol. The van der Waals surface area contributed by atoms with E-state index >= 15 is 0 Å². The van der Waals surface area contributed by atoms with Crippen molar-refractivity contribution in [3.05, 3.63) is 64.7 Å². The van der Waals surface area contributed by atoms with Gasteiger partial charge >= 0.3 is 0 Å². The molecule has 104 valence electrons. The Morgan fingerprint density at radius 3 is 2.60 bits per heavy atom. The smallest absolute Gasteiger partial charge is 0.232 e. The first kappa shape index (κ1) is 13.5. The van der Waals surface area contributed by atoms with Crippen LogP contribution in [0.4, 0.5) is 5.69 Å². The Labute approximate surface area is 123 Å². The van der Waals surface area contributed by atoms with Crippen LogP contribution in [0.1, 0.15) is 17.0 Å². The third-order valence-electron chi connectivity index (χ3n) is 3.58. The summed E-state index contributed by atoms with van der Waals surface area (Å²) in [4.78, 5) is 0. The van der Waals surface area contributed by atoms with Gasteiger partial charge in [-0.3, -0.25) is 4.31 Å². The predicted octanol–water partition coefficient (Wildman–Crippen LogP) is 3.25. The van der Waals surface area contributed by atoms with Gasteiger partial charge in [0.25, 0.3) is 0 Å². The lowest BCUT2D eigenvalue weighted by Crippen LogP contribution is -2.28. The van der Waals surface area contributed by atoms with Crippen molar-refractivity contribution in [3.63, 3.8) is 0 Å². The van der Waals surface area contributed by atoms with Crippen molar-refractivity contribution in [1.29, 1.82) is 0 Å². The summed E-state index contributed by atoms with van der Waals surface area (Å²) < 4.78 is 25.3. The molecular formula is C15H14ClNO2S. The number of anilines is 1. The topological polar surface area (TPSA) is 37.4 Å². The molecule has 0 spiro atoms. The lowest BCUT2D eigenvalue weighted by atomic mass is 9.93. The second-order valence-electron chi connectivity index (χ2n) is 4.96. The Morgan fingerprint density at radius 1 is 1.15 bits per heavy atom. The highest BCUT2D eigenvalue weighted by Crippen LogP contribution is 2.41. The van der Waals surface area contributed by atoms with E-state index < -0.39 is 10.0 Å². The average Bonchev–Trinajstić information content (AvgIpc) is 2.78. The Hall–Kier alpha value is -1.52. The molecule has 0 fully saturated rings. The third-order valence-corrected chi connectivity index (χ3v) is 4.96. The van der Waals surface area contributed by atoms with Gasteiger partial charge < -0.3 is 0 Å². The van der Waals surface area contributed by atoms with Gasteiger partial charge in [-0.15, -0.1) is 0 Å². The minimum Gasteiger partial charge on any atom is -0.269 e. The average molecular weight is 308 g/mol. The fourth-order valence-corrected chi connectivity index (χ4v) is 3.84. The molecule has 2 aromatic carbocycles. The zero-order chi connectivity index (χ0) is 14.3. The molecule has 20 heavy (non-hydrogen) atoms. The molecule has 0 amide bonds. The summed E-state index contributed by atoms with van der Waals surface area (Å²) in [6, 6.07) is 15.2. The summed E-state index contributed by atoms with van der Waals surface area (Å²) in [5, 5.41) is 0.665. The van der Waals surface area contributed by atoms with Gasteiger partial charge in [-0.1, -0.05) is 41.9 Å². The van der Waals surface area contributed by atoms with Gasteiger partial charge in [0.1, 0.15) is 0 Å². The molecule has 0 radical (unpaired) electrons. The summed E-state index contributed by atoms with van der Waals surface area (Å²) in [7, 11) is -3.27. The molecule has 3 rings (SSSR count). The summed E-state index contributed by atoms with van der Waals surface area (Å²) >= 11 is 6.04. The number of sulfonamides is 1. The third kappa shape index (κ3) is 2.30. The number of hydrogen-bond donors (Lipinski definition) is 0. The fraction of sp³-hybridized carbons (Fsp3) is 0.200. The van der Waals surface area contributed by atoms with Crippen LogP contribution in [0.5, 0.6) is 0 Å². The van der Waals surface area contributed by atoms with Crippen molar-refractivity contribution in [2.75, 3.05) is 17.1 Å². The number of nitrogens with zero attached hydrogens (tertiary/aromatic N) is 1. The van der Waals surface area contributed by atoms with Crippen molar-refractivity contribution in [3.8, 4) is 0 Å². The van der Waals surface area contributed by atoms with Crippen molar-refractivity contribution in [2.24, 2.45) is 0 Å². The van der Waals surface area contributed by atoms with Crippen LogP contribution in [0.2, 0.25) is 5.02 Å². The largest absolute Gasteiger partial charge is 0.269 e. The molecule has 5 heteroatoms. The van der Waals surface area contributed by atoms with Crippen LogP contribution in [-0.2, 0) is 10.0 Å². The molecule has 3 nitrogen and oxygen atoms in total. The highest BCUT2D eigenvalue weighted by atomic mass is 35.5. The molecular weight excluding hydrogens is 294 g/mol. The van der Waals surface area contributed by atoms with Crippen LogP contribution in [0.3, 0.4) is 0 Å². The molecule has 2 aromatic rings. The first-order valence-electron chi connectivity index (χ1n) is 6.29. The maximum atomic E-state index is 11.9. The molecule has 0 saturated heterocycles. The summed E-state index contributed by atoms with van der Waals surface area (Å²) in [5.74, 6) is 0.0274. The van der Waals surface area contributed by atoms with E-state index in [9.17, 15) is 8.42 Å². The van der Waals surface area contributed by atoms with E-state index in [1.807, 2.05) is 48.5 Å². The standard InChI is InChI=1S/C15H14ClNO2S/c1-20(18,19)17-10-14(11-5-4-6-12(16)9-11)13-7-2-3-8-15(13)17/h2-9,14H,10H2,1H3. The number of hydrogen-bond acceptors (Lipinski definition) is 2. The normalized spacial score (nSPS) is 18.1. The molecule has 0 bridgehead atoms. The van der Waals surface area contributed by atoms with Gasteiger partial charge in [-0.05, 0) is 29.3 Å². The van der Waals surface area contributed by atoms with E-state index in [0.717, 1.165) is 16.8 Å². The lowest BCUT2D eigenvalue weighted by molar-refractivity contribution is 0.597. The van der Waals surface area contributed by atoms with Gasteiger partial charge in [0, 0.05) is 17.5 Å². The highest BCUT2D eigenvalue weighted by Gasteiger charge is 2.34. The molecule has 1 heterocycles. The molecule has 1 atom stereocenters. The first-order valence-corrected chi connectivity index (χ1v) is 8.51. The number of fused-ring (bicyclic) bond motifs is 1. The summed E-state index contributed by atoms with van der Waals surface area (Å²) in [5.41, 5.74) is 2.83. The minimum atomic E-state index is -3.27. The van der Waals surface area contributed by atoms with E-state index in [1.54, 1.807) is 0 Å². The van der Waals surface area contributed by atoms with E-state index in [0.29, 0.717) is 11.6 Å². The van der Waals surface area contributed by atoms with E-state index in [-0.39, 0.29) is 5.92 Å². The quantitative estimate of drug-likeness (QED) is 0.854. The lowest BCUT2D eigenvalue weighted by Gasteiger charge is -2.17. The Balaban J connectivity index is 2.12. The maximum Gasteiger partial charge on any atom is 0.232 e. The SMILES string of the molecule is CS(=O)(=O)N1CC(c2cccc(Cl)c2)c2ccccc21. The number of benzene rings is 2.